The summed E-state index contributed by atoms with van der Waals surface area (Å²) in [7, 11) is 0. The highest BCUT2D eigenvalue weighted by Crippen LogP contribution is 2.20. The lowest BCUT2D eigenvalue weighted by atomic mass is 10.2. The fourth-order valence-corrected chi connectivity index (χ4v) is 3.11. The Kier molecular flexibility index (Phi) is 6.38. The van der Waals surface area contributed by atoms with Crippen LogP contribution in [0.3, 0.4) is 0 Å². The maximum Gasteiger partial charge on any atom is 0.271 e. The lowest BCUT2D eigenvalue weighted by Crippen LogP contribution is -2.23. The van der Waals surface area contributed by atoms with Crippen molar-refractivity contribution in [2.75, 3.05) is 5.73 Å². The van der Waals surface area contributed by atoms with Crippen molar-refractivity contribution >= 4 is 34.2 Å². The van der Waals surface area contributed by atoms with Gasteiger partial charge >= 0.3 is 0 Å². The Bertz CT molecular complexity index is 1260. The van der Waals surface area contributed by atoms with Gasteiger partial charge in [0.25, 0.3) is 11.5 Å². The Balaban J connectivity index is 0.000000216. The minimum absolute atomic E-state index is 0.0162. The predicted octanol–water partition coefficient (Wildman–Crippen LogP) is 2.76. The van der Waals surface area contributed by atoms with Gasteiger partial charge < -0.3 is 11.5 Å². The number of aromatic nitrogens is 4. The summed E-state index contributed by atoms with van der Waals surface area (Å²) in [6.45, 7) is 1.98. The molecule has 0 bridgehead atoms. The van der Waals surface area contributed by atoms with Crippen LogP contribution in [-0.2, 0) is 6.42 Å². The number of primary amides is 1. The van der Waals surface area contributed by atoms with Gasteiger partial charge in [-0.25, -0.2) is 15.0 Å². The van der Waals surface area contributed by atoms with Gasteiger partial charge in [-0.3, -0.25) is 14.2 Å². The Labute approximate surface area is 177 Å². The van der Waals surface area contributed by atoms with Gasteiger partial charge in [0.2, 0.25) is 0 Å². The number of amides is 1. The zero-order valence-corrected chi connectivity index (χ0v) is 16.9. The van der Waals surface area contributed by atoms with E-state index in [-0.39, 0.29) is 17.1 Å². The van der Waals surface area contributed by atoms with Crippen molar-refractivity contribution in [3.05, 3.63) is 87.8 Å². The zero-order valence-electron chi connectivity index (χ0n) is 16.1. The number of para-hydroxylation sites is 1. The fourth-order valence-electron chi connectivity index (χ4n) is 2.85. The van der Waals surface area contributed by atoms with Crippen LogP contribution in [0, 0.1) is 0 Å². The smallest absolute Gasteiger partial charge is 0.271 e. The van der Waals surface area contributed by atoms with E-state index in [9.17, 15) is 9.59 Å². The Morgan fingerprint density at radius 1 is 1.07 bits per heavy atom. The molecule has 0 aliphatic heterocycles. The van der Waals surface area contributed by atoms with E-state index in [4.69, 9.17) is 23.1 Å². The van der Waals surface area contributed by atoms with Gasteiger partial charge in [0.15, 0.2) is 11.5 Å². The first-order chi connectivity index (χ1) is 14.4. The molecule has 4 aromatic rings. The molecule has 9 heteroatoms. The number of hydrogen-bond donors (Lipinski definition) is 2. The van der Waals surface area contributed by atoms with E-state index in [0.29, 0.717) is 22.3 Å². The van der Waals surface area contributed by atoms with Gasteiger partial charge in [0.1, 0.15) is 5.82 Å². The van der Waals surface area contributed by atoms with E-state index in [2.05, 4.69) is 15.0 Å². The standard InChI is InChI=1S/C16H13ClN2O.C5H6N4O/c1-2-14-18-13-10-6-9-12(17)15(13)16(20)19(14)11-7-4-3-5-8-11;6-4-3(5(7)10)8-1-2-9-4/h3-10H,2H2,1H3;1-2H,(H2,6,9)(H2,7,10). The quantitative estimate of drug-likeness (QED) is 0.522. The van der Waals surface area contributed by atoms with Crippen LogP contribution in [0.25, 0.3) is 16.6 Å². The van der Waals surface area contributed by atoms with E-state index in [1.807, 2.05) is 49.4 Å². The van der Waals surface area contributed by atoms with Crippen molar-refractivity contribution in [2.45, 2.75) is 13.3 Å². The number of carbonyl (C=O) groups is 1. The molecular weight excluding hydrogens is 404 g/mol. The Morgan fingerprint density at radius 2 is 1.77 bits per heavy atom. The van der Waals surface area contributed by atoms with Crippen LogP contribution >= 0.6 is 11.6 Å². The summed E-state index contributed by atoms with van der Waals surface area (Å²) in [5.41, 5.74) is 11.5. The second-order valence-electron chi connectivity index (χ2n) is 6.15. The summed E-state index contributed by atoms with van der Waals surface area (Å²) in [6, 6.07) is 14.8. The highest BCUT2D eigenvalue weighted by atomic mass is 35.5. The monoisotopic (exact) mass is 422 g/mol. The second kappa shape index (κ2) is 9.15. The lowest BCUT2D eigenvalue weighted by Gasteiger charge is -2.12. The van der Waals surface area contributed by atoms with Gasteiger partial charge in [-0.05, 0) is 24.3 Å². The number of carbonyl (C=O) groups excluding carboxylic acids is 1. The molecule has 4 N–H and O–H groups in total. The zero-order chi connectivity index (χ0) is 21.7. The highest BCUT2D eigenvalue weighted by Gasteiger charge is 2.13. The van der Waals surface area contributed by atoms with Crippen LogP contribution in [0.4, 0.5) is 5.82 Å². The predicted molar refractivity (Wildman–Crippen MR) is 117 cm³/mol. The second-order valence-corrected chi connectivity index (χ2v) is 6.55. The van der Waals surface area contributed by atoms with E-state index in [1.54, 1.807) is 10.6 Å². The van der Waals surface area contributed by atoms with Crippen molar-refractivity contribution in [1.82, 2.24) is 19.5 Å². The van der Waals surface area contributed by atoms with Crippen LogP contribution in [-0.4, -0.2) is 25.4 Å². The number of hydrogen-bond acceptors (Lipinski definition) is 6. The van der Waals surface area contributed by atoms with Crippen molar-refractivity contribution in [2.24, 2.45) is 5.73 Å². The van der Waals surface area contributed by atoms with E-state index < -0.39 is 5.91 Å². The Hall–Kier alpha value is -3.78. The van der Waals surface area contributed by atoms with Crippen molar-refractivity contribution in [3.63, 3.8) is 0 Å². The molecule has 0 saturated carbocycles. The number of nitrogen functional groups attached to an aromatic ring is 1. The normalized spacial score (nSPS) is 10.3. The SMILES string of the molecule is CCc1nc2cccc(Cl)c2c(=O)n1-c1ccccc1.NC(=O)c1nccnc1N. The molecule has 0 fully saturated rings. The molecule has 0 unspecified atom stereocenters. The molecule has 2 aromatic carbocycles. The van der Waals surface area contributed by atoms with Crippen molar-refractivity contribution < 1.29 is 4.79 Å². The first-order valence-corrected chi connectivity index (χ1v) is 9.43. The highest BCUT2D eigenvalue weighted by molar-refractivity contribution is 6.35. The number of fused-ring (bicyclic) bond motifs is 1. The molecule has 152 valence electrons. The maximum absolute atomic E-state index is 12.8. The van der Waals surface area contributed by atoms with E-state index >= 15 is 0 Å². The topological polar surface area (TPSA) is 130 Å². The molecule has 2 aromatic heterocycles. The number of halogens is 1. The van der Waals surface area contributed by atoms with Crippen LogP contribution in [0.5, 0.6) is 0 Å². The van der Waals surface area contributed by atoms with Crippen LogP contribution in [0.2, 0.25) is 5.02 Å². The first-order valence-electron chi connectivity index (χ1n) is 9.05. The van der Waals surface area contributed by atoms with Gasteiger partial charge in [0, 0.05) is 18.8 Å². The molecule has 0 aliphatic rings. The van der Waals surface area contributed by atoms with Crippen LogP contribution < -0.4 is 17.0 Å². The average Bonchev–Trinajstić information content (AvgIpc) is 2.74. The molecule has 0 radical (unpaired) electrons. The maximum atomic E-state index is 12.8. The van der Waals surface area contributed by atoms with Gasteiger partial charge in [-0.1, -0.05) is 42.8 Å². The summed E-state index contributed by atoms with van der Waals surface area (Å²) in [6.07, 6.45) is 3.42. The molecule has 2 heterocycles. The Morgan fingerprint density at radius 3 is 2.37 bits per heavy atom. The van der Waals surface area contributed by atoms with Gasteiger partial charge in [-0.2, -0.15) is 0 Å². The summed E-state index contributed by atoms with van der Waals surface area (Å²) in [4.78, 5) is 35.0. The van der Waals surface area contributed by atoms with Crippen molar-refractivity contribution in [1.29, 1.82) is 0 Å². The van der Waals surface area contributed by atoms with E-state index in [0.717, 1.165) is 11.5 Å². The summed E-state index contributed by atoms with van der Waals surface area (Å²) in [5, 5.41) is 0.905. The largest absolute Gasteiger partial charge is 0.382 e. The molecule has 0 aliphatic carbocycles. The number of aryl methyl sites for hydroxylation is 1. The number of nitrogens with zero attached hydrogens (tertiary/aromatic N) is 4. The summed E-state index contributed by atoms with van der Waals surface area (Å²) < 4.78 is 1.63. The van der Waals surface area contributed by atoms with Gasteiger partial charge in [-0.15, -0.1) is 0 Å². The third-order valence-corrected chi connectivity index (χ3v) is 4.52. The fraction of sp³-hybridized carbons (Fsp3) is 0.0952. The first kappa shape index (κ1) is 20.9. The summed E-state index contributed by atoms with van der Waals surface area (Å²) >= 11 is 6.16. The number of nitrogens with two attached hydrogens (primary N) is 2. The molecular formula is C21H19ClN6O2. The molecule has 0 atom stereocenters. The van der Waals surface area contributed by atoms with Crippen molar-refractivity contribution in [3.8, 4) is 5.69 Å². The minimum Gasteiger partial charge on any atom is -0.382 e. The molecule has 0 saturated heterocycles. The third kappa shape index (κ3) is 4.28. The molecule has 8 nitrogen and oxygen atoms in total. The molecule has 1 amide bonds. The molecule has 0 spiro atoms. The van der Waals surface area contributed by atoms with Crippen LogP contribution in [0.1, 0.15) is 23.2 Å². The molecule has 4 rings (SSSR count). The molecule has 30 heavy (non-hydrogen) atoms. The number of rotatable bonds is 3. The average molecular weight is 423 g/mol. The van der Waals surface area contributed by atoms with Crippen LogP contribution in [0.15, 0.2) is 65.7 Å². The lowest BCUT2D eigenvalue weighted by molar-refractivity contribution is 0.0996. The van der Waals surface area contributed by atoms with E-state index in [1.165, 1.54) is 12.4 Å². The third-order valence-electron chi connectivity index (χ3n) is 4.21. The van der Waals surface area contributed by atoms with Gasteiger partial charge in [0.05, 0.1) is 21.6 Å². The summed E-state index contributed by atoms with van der Waals surface area (Å²) in [5.74, 6) is 0.136. The number of anilines is 1. The number of benzene rings is 2. The minimum atomic E-state index is -0.661.